The Labute approximate surface area is 127 Å². The number of aryl methyl sites for hydroxylation is 2. The van der Waals surface area contributed by atoms with Crippen LogP contribution >= 0.6 is 38.5 Å². The minimum absolute atomic E-state index is 0.158. The number of aromatic nitrogens is 2. The van der Waals surface area contributed by atoms with Crippen molar-refractivity contribution >= 4 is 50.1 Å². The van der Waals surface area contributed by atoms with Gasteiger partial charge in [-0.3, -0.25) is 9.48 Å². The minimum atomic E-state index is -0.158. The lowest BCUT2D eigenvalue weighted by Gasteiger charge is -2.07. The average molecular weight is 420 g/mol. The molecular formula is C12H11BrIN3O. The van der Waals surface area contributed by atoms with Gasteiger partial charge in [-0.2, -0.15) is 5.10 Å². The summed E-state index contributed by atoms with van der Waals surface area (Å²) in [7, 11) is 1.76. The normalized spacial score (nSPS) is 10.4. The standard InChI is InChI=1S/C12H11BrIN3O/c1-7-5-11(17(2)16-7)12(18)15-10-6-8(13)3-4-9(10)14/h3-6H,1-2H3,(H,15,18). The highest BCUT2D eigenvalue weighted by Gasteiger charge is 2.13. The Morgan fingerprint density at radius 2 is 2.17 bits per heavy atom. The summed E-state index contributed by atoms with van der Waals surface area (Å²) in [5.74, 6) is -0.158. The molecule has 0 fully saturated rings. The predicted octanol–water partition coefficient (Wildman–Crippen LogP) is 3.35. The number of carbonyl (C=O) groups excluding carboxylic acids is 1. The smallest absolute Gasteiger partial charge is 0.273 e. The van der Waals surface area contributed by atoms with Crippen LogP contribution < -0.4 is 5.32 Å². The molecule has 0 aliphatic heterocycles. The summed E-state index contributed by atoms with van der Waals surface area (Å²) in [6.45, 7) is 1.86. The van der Waals surface area contributed by atoms with E-state index in [9.17, 15) is 4.79 Å². The Hall–Kier alpha value is -0.890. The van der Waals surface area contributed by atoms with Crippen LogP contribution in [0.3, 0.4) is 0 Å². The highest BCUT2D eigenvalue weighted by molar-refractivity contribution is 14.1. The van der Waals surface area contributed by atoms with Gasteiger partial charge in [-0.1, -0.05) is 15.9 Å². The van der Waals surface area contributed by atoms with Gasteiger partial charge in [0.05, 0.1) is 11.4 Å². The second kappa shape index (κ2) is 5.40. The van der Waals surface area contributed by atoms with Gasteiger partial charge in [0, 0.05) is 15.1 Å². The molecule has 1 heterocycles. The van der Waals surface area contributed by atoms with Crippen molar-refractivity contribution in [2.45, 2.75) is 6.92 Å². The van der Waals surface area contributed by atoms with E-state index in [4.69, 9.17) is 0 Å². The van der Waals surface area contributed by atoms with Gasteiger partial charge in [-0.25, -0.2) is 0 Å². The highest BCUT2D eigenvalue weighted by Crippen LogP contribution is 2.23. The first kappa shape index (κ1) is 13.5. The van der Waals surface area contributed by atoms with E-state index in [2.05, 4.69) is 48.9 Å². The summed E-state index contributed by atoms with van der Waals surface area (Å²) >= 11 is 5.57. The Balaban J connectivity index is 2.26. The van der Waals surface area contributed by atoms with E-state index in [0.717, 1.165) is 19.4 Å². The van der Waals surface area contributed by atoms with Crippen molar-refractivity contribution in [2.24, 2.45) is 7.05 Å². The first-order valence-electron chi connectivity index (χ1n) is 5.24. The Morgan fingerprint density at radius 1 is 1.44 bits per heavy atom. The Bertz CT molecular complexity index is 609. The summed E-state index contributed by atoms with van der Waals surface area (Å²) in [6.07, 6.45) is 0. The van der Waals surface area contributed by atoms with E-state index in [1.165, 1.54) is 0 Å². The van der Waals surface area contributed by atoms with Crippen LogP contribution in [-0.2, 0) is 7.05 Å². The maximum atomic E-state index is 12.1. The van der Waals surface area contributed by atoms with E-state index >= 15 is 0 Å². The number of benzene rings is 1. The number of rotatable bonds is 2. The van der Waals surface area contributed by atoms with Gasteiger partial charge in [-0.15, -0.1) is 0 Å². The summed E-state index contributed by atoms with van der Waals surface area (Å²) < 4.78 is 3.50. The van der Waals surface area contributed by atoms with Gasteiger partial charge in [0.25, 0.3) is 5.91 Å². The van der Waals surface area contributed by atoms with Crippen LogP contribution in [0.4, 0.5) is 5.69 Å². The monoisotopic (exact) mass is 419 g/mol. The third-order valence-corrected chi connectivity index (χ3v) is 3.85. The molecule has 1 amide bonds. The number of hydrogen-bond donors (Lipinski definition) is 1. The van der Waals surface area contributed by atoms with Crippen molar-refractivity contribution in [2.75, 3.05) is 5.32 Å². The fourth-order valence-corrected chi connectivity index (χ4v) is 2.43. The van der Waals surface area contributed by atoms with Crippen molar-refractivity contribution in [3.8, 4) is 0 Å². The maximum Gasteiger partial charge on any atom is 0.273 e. The molecule has 2 aromatic rings. The zero-order valence-corrected chi connectivity index (χ0v) is 13.6. The van der Waals surface area contributed by atoms with Crippen molar-refractivity contribution in [3.63, 3.8) is 0 Å². The Kier molecular flexibility index (Phi) is 4.06. The van der Waals surface area contributed by atoms with Gasteiger partial charge in [0.15, 0.2) is 0 Å². The molecule has 0 saturated heterocycles. The molecule has 0 radical (unpaired) electrons. The van der Waals surface area contributed by atoms with Crippen LogP contribution in [0.15, 0.2) is 28.7 Å². The fourth-order valence-electron chi connectivity index (χ4n) is 1.60. The molecule has 0 aliphatic carbocycles. The number of nitrogens with one attached hydrogen (secondary N) is 1. The number of nitrogens with zero attached hydrogens (tertiary/aromatic N) is 2. The van der Waals surface area contributed by atoms with Gasteiger partial charge in [0.2, 0.25) is 0 Å². The van der Waals surface area contributed by atoms with Gasteiger partial charge >= 0.3 is 0 Å². The molecular weight excluding hydrogens is 409 g/mol. The highest BCUT2D eigenvalue weighted by atomic mass is 127. The van der Waals surface area contributed by atoms with E-state index in [1.54, 1.807) is 17.8 Å². The molecule has 0 saturated carbocycles. The Morgan fingerprint density at radius 3 is 2.78 bits per heavy atom. The van der Waals surface area contributed by atoms with Crippen LogP contribution in [0, 0.1) is 10.5 Å². The number of amides is 1. The zero-order chi connectivity index (χ0) is 13.3. The largest absolute Gasteiger partial charge is 0.320 e. The second-order valence-corrected chi connectivity index (χ2v) is 5.95. The predicted molar refractivity (Wildman–Crippen MR) is 82.8 cm³/mol. The van der Waals surface area contributed by atoms with E-state index in [-0.39, 0.29) is 5.91 Å². The van der Waals surface area contributed by atoms with Crippen LogP contribution in [0.1, 0.15) is 16.2 Å². The lowest BCUT2D eigenvalue weighted by molar-refractivity contribution is 0.101. The van der Waals surface area contributed by atoms with Crippen molar-refractivity contribution in [1.82, 2.24) is 9.78 Å². The van der Waals surface area contributed by atoms with Crippen molar-refractivity contribution in [1.29, 1.82) is 0 Å². The number of hydrogen-bond acceptors (Lipinski definition) is 2. The topological polar surface area (TPSA) is 46.9 Å². The van der Waals surface area contributed by atoms with Crippen LogP contribution in [0.2, 0.25) is 0 Å². The lowest BCUT2D eigenvalue weighted by Crippen LogP contribution is -2.16. The molecule has 18 heavy (non-hydrogen) atoms. The molecule has 0 bridgehead atoms. The summed E-state index contributed by atoms with van der Waals surface area (Å²) in [6, 6.07) is 7.52. The molecule has 94 valence electrons. The number of carbonyl (C=O) groups is 1. The molecule has 0 spiro atoms. The summed E-state index contributed by atoms with van der Waals surface area (Å²) in [4.78, 5) is 12.1. The van der Waals surface area contributed by atoms with Crippen LogP contribution in [0.5, 0.6) is 0 Å². The molecule has 4 nitrogen and oxygen atoms in total. The molecule has 1 aromatic carbocycles. The van der Waals surface area contributed by atoms with Crippen molar-refractivity contribution in [3.05, 3.63) is 43.7 Å². The SMILES string of the molecule is Cc1cc(C(=O)Nc2cc(Br)ccc2I)n(C)n1. The van der Waals surface area contributed by atoms with E-state index in [1.807, 2.05) is 25.1 Å². The van der Waals surface area contributed by atoms with Crippen LogP contribution in [0.25, 0.3) is 0 Å². The van der Waals surface area contributed by atoms with E-state index < -0.39 is 0 Å². The maximum absolute atomic E-state index is 12.1. The molecule has 0 aliphatic rings. The summed E-state index contributed by atoms with van der Waals surface area (Å²) in [5.41, 5.74) is 2.16. The first-order valence-corrected chi connectivity index (χ1v) is 7.11. The first-order chi connectivity index (χ1) is 8.47. The second-order valence-electron chi connectivity index (χ2n) is 3.87. The lowest BCUT2D eigenvalue weighted by atomic mass is 10.3. The molecule has 1 aromatic heterocycles. The summed E-state index contributed by atoms with van der Waals surface area (Å²) in [5, 5.41) is 7.04. The quantitative estimate of drug-likeness (QED) is 0.759. The van der Waals surface area contributed by atoms with Gasteiger partial charge < -0.3 is 5.32 Å². The van der Waals surface area contributed by atoms with Crippen molar-refractivity contribution < 1.29 is 4.79 Å². The third kappa shape index (κ3) is 2.92. The minimum Gasteiger partial charge on any atom is -0.320 e. The fraction of sp³-hybridized carbons (Fsp3) is 0.167. The molecule has 0 unspecified atom stereocenters. The van der Waals surface area contributed by atoms with Gasteiger partial charge in [-0.05, 0) is 53.8 Å². The number of halogens is 2. The molecule has 2 rings (SSSR count). The van der Waals surface area contributed by atoms with Crippen LogP contribution in [-0.4, -0.2) is 15.7 Å². The van der Waals surface area contributed by atoms with E-state index in [0.29, 0.717) is 5.69 Å². The van der Waals surface area contributed by atoms with Gasteiger partial charge in [0.1, 0.15) is 5.69 Å². The zero-order valence-electron chi connectivity index (χ0n) is 9.87. The molecule has 0 atom stereocenters. The average Bonchev–Trinajstić information content (AvgIpc) is 2.63. The molecule has 1 N–H and O–H groups in total. The number of anilines is 1. The molecule has 6 heteroatoms. The third-order valence-electron chi connectivity index (χ3n) is 2.41.